The molecule has 25 heavy (non-hydrogen) atoms. The van der Waals surface area contributed by atoms with Crippen LogP contribution in [-0.4, -0.2) is 42.9 Å². The molecule has 130 valence electrons. The van der Waals surface area contributed by atoms with Gasteiger partial charge < -0.3 is 10.1 Å². The van der Waals surface area contributed by atoms with Crippen LogP contribution in [-0.2, 0) is 19.7 Å². The van der Waals surface area contributed by atoms with Crippen LogP contribution in [0.1, 0.15) is 31.2 Å². The Morgan fingerprint density at radius 1 is 1.28 bits per heavy atom. The number of benzene rings is 1. The van der Waals surface area contributed by atoms with E-state index in [1.54, 1.807) is 0 Å². The summed E-state index contributed by atoms with van der Waals surface area (Å²) in [5.41, 5.74) is 3.93. The number of nitrogens with one attached hydrogen (secondary N) is 1. The van der Waals surface area contributed by atoms with Gasteiger partial charge in [0.1, 0.15) is 5.78 Å². The van der Waals surface area contributed by atoms with Gasteiger partial charge in [-0.2, -0.15) is 0 Å². The molecule has 3 atom stereocenters. The zero-order chi connectivity index (χ0) is 17.2. The number of ether oxygens (including phenoxy) is 1. The molecule has 0 amide bonds. The predicted octanol–water partition coefficient (Wildman–Crippen LogP) is 2.23. The average molecular weight is 338 g/mol. The van der Waals surface area contributed by atoms with Crippen LogP contribution in [0.2, 0.25) is 0 Å². The van der Waals surface area contributed by atoms with E-state index in [9.17, 15) is 9.59 Å². The minimum absolute atomic E-state index is 0.184. The number of nitrogens with zero attached hydrogens (tertiary/aromatic N) is 1. The van der Waals surface area contributed by atoms with Gasteiger partial charge in [0.25, 0.3) is 0 Å². The molecule has 1 aromatic rings. The fraction of sp³-hybridized carbons (Fsp3) is 0.500. The molecule has 1 N–H and O–H groups in total. The number of fused-ring (bicyclic) bond motifs is 1. The molecule has 4 aliphatic rings. The second-order valence-corrected chi connectivity index (χ2v) is 7.67. The van der Waals surface area contributed by atoms with E-state index in [4.69, 9.17) is 4.74 Å². The first kappa shape index (κ1) is 15.1. The van der Waals surface area contributed by atoms with E-state index in [2.05, 4.69) is 28.4 Å². The molecule has 5 rings (SSSR count). The molecule has 2 fully saturated rings. The van der Waals surface area contributed by atoms with E-state index in [0.29, 0.717) is 31.1 Å². The summed E-state index contributed by atoms with van der Waals surface area (Å²) < 4.78 is 5.10. The second kappa shape index (κ2) is 5.18. The highest BCUT2D eigenvalue weighted by molar-refractivity contribution is 5.93. The summed E-state index contributed by atoms with van der Waals surface area (Å²) in [6.45, 7) is 1.81. The first-order chi connectivity index (χ1) is 12.1. The summed E-state index contributed by atoms with van der Waals surface area (Å²) in [6, 6.07) is 8.66. The van der Waals surface area contributed by atoms with E-state index in [1.165, 1.54) is 12.7 Å². The van der Waals surface area contributed by atoms with Gasteiger partial charge in [-0.25, -0.2) is 4.79 Å². The normalized spacial score (nSPS) is 33.2. The second-order valence-electron chi connectivity index (χ2n) is 7.67. The van der Waals surface area contributed by atoms with Crippen LogP contribution in [0.3, 0.4) is 0 Å². The lowest BCUT2D eigenvalue weighted by Gasteiger charge is -2.44. The molecule has 5 nitrogen and oxygen atoms in total. The summed E-state index contributed by atoms with van der Waals surface area (Å²) in [5, 5.41) is 3.55. The summed E-state index contributed by atoms with van der Waals surface area (Å²) in [4.78, 5) is 27.4. The fourth-order valence-corrected chi connectivity index (χ4v) is 5.77. The lowest BCUT2D eigenvalue weighted by atomic mass is 9.62. The number of hydrogen-bond donors (Lipinski definition) is 1. The van der Waals surface area contributed by atoms with Gasteiger partial charge in [-0.3, -0.25) is 9.69 Å². The van der Waals surface area contributed by atoms with Crippen LogP contribution >= 0.6 is 0 Å². The highest BCUT2D eigenvalue weighted by Crippen LogP contribution is 2.59. The Balaban J connectivity index is 1.76. The number of carbonyl (C=O) groups excluding carboxylic acids is 2. The predicted molar refractivity (Wildman–Crippen MR) is 93.1 cm³/mol. The van der Waals surface area contributed by atoms with Gasteiger partial charge in [0, 0.05) is 36.8 Å². The van der Waals surface area contributed by atoms with Gasteiger partial charge in [0.15, 0.2) is 0 Å². The van der Waals surface area contributed by atoms with Crippen LogP contribution in [0.5, 0.6) is 0 Å². The van der Waals surface area contributed by atoms with Crippen molar-refractivity contribution in [2.24, 2.45) is 5.92 Å². The number of esters is 1. The third-order valence-electron chi connectivity index (χ3n) is 6.62. The van der Waals surface area contributed by atoms with E-state index < -0.39 is 0 Å². The van der Waals surface area contributed by atoms with Gasteiger partial charge in [-0.1, -0.05) is 18.2 Å². The van der Waals surface area contributed by atoms with Crippen LogP contribution in [0.15, 0.2) is 35.5 Å². The van der Waals surface area contributed by atoms with Crippen molar-refractivity contribution in [3.63, 3.8) is 0 Å². The number of methoxy groups -OCH3 is 1. The van der Waals surface area contributed by atoms with Crippen LogP contribution in [0.4, 0.5) is 5.69 Å². The Morgan fingerprint density at radius 2 is 2.12 bits per heavy atom. The van der Waals surface area contributed by atoms with Crippen molar-refractivity contribution in [1.82, 2.24) is 4.90 Å². The van der Waals surface area contributed by atoms with Crippen molar-refractivity contribution < 1.29 is 14.3 Å². The van der Waals surface area contributed by atoms with Gasteiger partial charge in [0.2, 0.25) is 0 Å². The number of ketones is 1. The van der Waals surface area contributed by atoms with Crippen LogP contribution in [0, 0.1) is 5.92 Å². The molecule has 0 radical (unpaired) electrons. The molecule has 1 aliphatic carbocycles. The summed E-state index contributed by atoms with van der Waals surface area (Å²) in [6.07, 6.45) is 2.81. The van der Waals surface area contributed by atoms with E-state index >= 15 is 0 Å². The number of rotatable bonds is 1. The lowest BCUT2D eigenvalue weighted by Crippen LogP contribution is -2.51. The molecule has 0 aromatic heterocycles. The SMILES string of the molecule is COC(=O)C1=C2Nc3ccccc3C23CCN2CCC(=O)CC(C1)C23. The summed E-state index contributed by atoms with van der Waals surface area (Å²) in [7, 11) is 1.44. The summed E-state index contributed by atoms with van der Waals surface area (Å²) >= 11 is 0. The maximum absolute atomic E-state index is 12.6. The number of hydrogen-bond acceptors (Lipinski definition) is 5. The highest BCUT2D eigenvalue weighted by atomic mass is 16.5. The zero-order valence-electron chi connectivity index (χ0n) is 14.4. The Kier molecular flexibility index (Phi) is 3.14. The monoisotopic (exact) mass is 338 g/mol. The quantitative estimate of drug-likeness (QED) is 0.796. The molecule has 1 spiro atoms. The third-order valence-corrected chi connectivity index (χ3v) is 6.62. The van der Waals surface area contributed by atoms with Gasteiger partial charge in [0.05, 0.1) is 18.1 Å². The maximum Gasteiger partial charge on any atom is 0.335 e. The van der Waals surface area contributed by atoms with Gasteiger partial charge in [-0.15, -0.1) is 0 Å². The Bertz CT molecular complexity index is 815. The van der Waals surface area contributed by atoms with E-state index in [0.717, 1.165) is 36.5 Å². The molecular weight excluding hydrogens is 316 g/mol. The number of carbonyl (C=O) groups is 2. The van der Waals surface area contributed by atoms with Crippen molar-refractivity contribution in [1.29, 1.82) is 0 Å². The zero-order valence-corrected chi connectivity index (χ0v) is 14.4. The average Bonchev–Trinajstić information content (AvgIpc) is 3.12. The van der Waals surface area contributed by atoms with Crippen molar-refractivity contribution >= 4 is 17.4 Å². The lowest BCUT2D eigenvalue weighted by molar-refractivity contribution is -0.137. The van der Waals surface area contributed by atoms with Crippen LogP contribution in [0.25, 0.3) is 0 Å². The topological polar surface area (TPSA) is 58.6 Å². The highest BCUT2D eigenvalue weighted by Gasteiger charge is 2.61. The summed E-state index contributed by atoms with van der Waals surface area (Å²) in [5.74, 6) is 0.244. The first-order valence-electron chi connectivity index (χ1n) is 9.09. The first-order valence-corrected chi connectivity index (χ1v) is 9.09. The molecule has 3 unspecified atom stereocenters. The van der Waals surface area contributed by atoms with Crippen LogP contribution < -0.4 is 5.32 Å². The molecule has 3 aliphatic heterocycles. The number of para-hydroxylation sites is 1. The number of Topliss-reactive ketones (excluding diaryl/α,β-unsaturated/α-hetero) is 1. The van der Waals surface area contributed by atoms with Crippen molar-refractivity contribution in [2.75, 3.05) is 25.5 Å². The fourth-order valence-electron chi connectivity index (χ4n) is 5.77. The van der Waals surface area contributed by atoms with Crippen molar-refractivity contribution in [2.45, 2.75) is 37.1 Å². The standard InChI is InChI=1S/C20H22N2O3/c1-25-19(24)14-11-12-10-13(23)6-8-22-9-7-20(18(12)22)15-4-2-3-5-16(15)21-17(14)20/h2-5,12,18,21H,6-11H2,1H3. The van der Waals surface area contributed by atoms with Crippen molar-refractivity contribution in [3.8, 4) is 0 Å². The molecule has 2 saturated heterocycles. The van der Waals surface area contributed by atoms with Gasteiger partial charge in [-0.05, 0) is 36.9 Å². The molecule has 0 bridgehead atoms. The largest absolute Gasteiger partial charge is 0.466 e. The molecule has 5 heteroatoms. The number of anilines is 1. The van der Waals surface area contributed by atoms with E-state index in [-0.39, 0.29) is 17.3 Å². The van der Waals surface area contributed by atoms with Crippen molar-refractivity contribution in [3.05, 3.63) is 41.1 Å². The third kappa shape index (κ3) is 1.87. The maximum atomic E-state index is 12.6. The Morgan fingerprint density at radius 3 is 2.96 bits per heavy atom. The van der Waals surface area contributed by atoms with Gasteiger partial charge >= 0.3 is 5.97 Å². The Labute approximate surface area is 147 Å². The molecular formula is C20H22N2O3. The molecule has 0 saturated carbocycles. The smallest absolute Gasteiger partial charge is 0.335 e. The Hall–Kier alpha value is -2.14. The van der Waals surface area contributed by atoms with E-state index in [1.807, 2.05) is 6.07 Å². The molecule has 1 aromatic carbocycles. The minimum atomic E-state index is -0.261. The molecule has 3 heterocycles. The minimum Gasteiger partial charge on any atom is -0.466 e.